The third-order valence-electron chi connectivity index (χ3n) is 5.11. The van der Waals surface area contributed by atoms with E-state index < -0.39 is 32.5 Å². The molecule has 0 saturated carbocycles. The molecule has 0 bridgehead atoms. The number of amides is 1. The van der Waals surface area contributed by atoms with Crippen LogP contribution < -0.4 is 14.3 Å². The van der Waals surface area contributed by atoms with Crippen LogP contribution in [-0.2, 0) is 24.8 Å². The Bertz CT molecular complexity index is 1480. The molecule has 0 aromatic heterocycles. The normalized spacial score (nSPS) is 11.7. The van der Waals surface area contributed by atoms with E-state index in [4.69, 9.17) is 23.2 Å². The van der Waals surface area contributed by atoms with Crippen molar-refractivity contribution in [3.8, 4) is 0 Å². The molecule has 3 rings (SSSR count). The molecule has 2 N–H and O–H groups in total. The van der Waals surface area contributed by atoms with Gasteiger partial charge in [-0.1, -0.05) is 35.3 Å². The predicted molar refractivity (Wildman–Crippen MR) is 140 cm³/mol. The number of carbonyl (C=O) groups excluding carboxylic acids is 1. The second-order valence-corrected chi connectivity index (χ2v) is 12.2. The quantitative estimate of drug-likeness (QED) is 0.413. The van der Waals surface area contributed by atoms with Gasteiger partial charge in [0.2, 0.25) is 15.9 Å². The Morgan fingerprint density at radius 2 is 1.57 bits per heavy atom. The Kier molecular flexibility index (Phi) is 8.00. The minimum absolute atomic E-state index is 0.0700. The summed E-state index contributed by atoms with van der Waals surface area (Å²) in [5.41, 5.74) is 2.68. The maximum Gasteiger partial charge on any atom is 0.261 e. The zero-order chi connectivity index (χ0) is 26.0. The fraction of sp³-hybridized carbons (Fsp3) is 0.174. The minimum atomic E-state index is -3.97. The van der Waals surface area contributed by atoms with Crippen LogP contribution in [0.1, 0.15) is 11.1 Å². The molecule has 186 valence electrons. The molecule has 0 heterocycles. The number of nitrogens with one attached hydrogen (secondary N) is 2. The van der Waals surface area contributed by atoms with Crippen molar-refractivity contribution in [2.45, 2.75) is 18.7 Å². The van der Waals surface area contributed by atoms with Gasteiger partial charge in [0.05, 0.1) is 32.6 Å². The molecule has 0 atom stereocenters. The Balaban J connectivity index is 1.74. The van der Waals surface area contributed by atoms with Crippen molar-refractivity contribution < 1.29 is 21.6 Å². The lowest BCUT2D eigenvalue weighted by molar-refractivity contribution is -0.114. The van der Waals surface area contributed by atoms with E-state index in [9.17, 15) is 21.6 Å². The van der Waals surface area contributed by atoms with Gasteiger partial charge < -0.3 is 5.32 Å². The van der Waals surface area contributed by atoms with Crippen LogP contribution in [0, 0.1) is 13.8 Å². The molecule has 0 aliphatic rings. The molecule has 0 fully saturated rings. The average Bonchev–Trinajstić information content (AvgIpc) is 2.77. The molecule has 0 unspecified atom stereocenters. The number of rotatable bonds is 8. The van der Waals surface area contributed by atoms with E-state index >= 15 is 0 Å². The molecular weight excluding hydrogens is 533 g/mol. The first-order valence-corrected chi connectivity index (χ1v) is 14.3. The first-order valence-electron chi connectivity index (χ1n) is 10.2. The third kappa shape index (κ3) is 6.66. The van der Waals surface area contributed by atoms with Crippen LogP contribution >= 0.6 is 23.2 Å². The lowest BCUT2D eigenvalue weighted by Crippen LogP contribution is -2.37. The molecule has 1 amide bonds. The maximum atomic E-state index is 12.7. The Morgan fingerprint density at radius 1 is 0.914 bits per heavy atom. The smallest absolute Gasteiger partial charge is 0.261 e. The van der Waals surface area contributed by atoms with Crippen molar-refractivity contribution in [1.82, 2.24) is 0 Å². The molecular formula is C23H23Cl2N3O5S2. The van der Waals surface area contributed by atoms with Gasteiger partial charge in [-0.2, -0.15) is 0 Å². The highest BCUT2D eigenvalue weighted by Gasteiger charge is 2.22. The van der Waals surface area contributed by atoms with Crippen molar-refractivity contribution in [2.24, 2.45) is 0 Å². The highest BCUT2D eigenvalue weighted by molar-refractivity contribution is 7.92. The van der Waals surface area contributed by atoms with Gasteiger partial charge in [0.25, 0.3) is 10.0 Å². The van der Waals surface area contributed by atoms with E-state index in [0.717, 1.165) is 21.7 Å². The van der Waals surface area contributed by atoms with E-state index in [1.165, 1.54) is 36.4 Å². The molecule has 0 saturated heterocycles. The van der Waals surface area contributed by atoms with Crippen LogP contribution in [0.2, 0.25) is 10.0 Å². The molecule has 12 heteroatoms. The number of halogens is 2. The SMILES string of the molecule is Cc1ccc(N(CC(=O)Nc2ccc(S(=O)(=O)Nc3cccc(Cl)c3Cl)cc2)S(C)(=O)=O)cc1C. The summed E-state index contributed by atoms with van der Waals surface area (Å²) in [5.74, 6) is -0.590. The largest absolute Gasteiger partial charge is 0.325 e. The molecule has 3 aromatic rings. The number of nitrogens with zero attached hydrogens (tertiary/aromatic N) is 1. The fourth-order valence-electron chi connectivity index (χ4n) is 3.12. The van der Waals surface area contributed by atoms with Gasteiger partial charge in [-0.25, -0.2) is 16.8 Å². The van der Waals surface area contributed by atoms with Crippen LogP contribution in [0.3, 0.4) is 0 Å². The summed E-state index contributed by atoms with van der Waals surface area (Å²) in [7, 11) is -7.71. The zero-order valence-electron chi connectivity index (χ0n) is 19.0. The van der Waals surface area contributed by atoms with E-state index in [0.29, 0.717) is 11.4 Å². The number of carbonyl (C=O) groups is 1. The van der Waals surface area contributed by atoms with E-state index in [1.54, 1.807) is 24.3 Å². The van der Waals surface area contributed by atoms with Crippen LogP contribution in [-0.4, -0.2) is 35.5 Å². The van der Waals surface area contributed by atoms with Gasteiger partial charge in [-0.3, -0.25) is 13.8 Å². The number of hydrogen-bond donors (Lipinski definition) is 2. The average molecular weight is 556 g/mol. The number of benzene rings is 3. The number of anilines is 3. The Labute approximate surface area is 215 Å². The first kappa shape index (κ1) is 26.8. The van der Waals surface area contributed by atoms with Gasteiger partial charge in [0.1, 0.15) is 6.54 Å². The van der Waals surface area contributed by atoms with Crippen molar-refractivity contribution in [3.05, 3.63) is 81.8 Å². The van der Waals surface area contributed by atoms with Gasteiger partial charge in [-0.05, 0) is 73.5 Å². The van der Waals surface area contributed by atoms with Gasteiger partial charge >= 0.3 is 0 Å². The Hall–Kier alpha value is -2.79. The van der Waals surface area contributed by atoms with Crippen LogP contribution in [0.4, 0.5) is 17.1 Å². The summed E-state index contributed by atoms with van der Waals surface area (Å²) in [4.78, 5) is 12.5. The van der Waals surface area contributed by atoms with Gasteiger partial charge in [0.15, 0.2) is 0 Å². The maximum absolute atomic E-state index is 12.7. The second-order valence-electron chi connectivity index (χ2n) is 7.82. The standard InChI is InChI=1S/C23H23Cl2N3O5S2/c1-15-7-10-18(13-16(15)2)28(34(3,30)31)14-22(29)26-17-8-11-19(12-9-17)35(32,33)27-21-6-4-5-20(24)23(21)25/h4-13,27H,14H2,1-3H3,(H,26,29). The highest BCUT2D eigenvalue weighted by atomic mass is 35.5. The van der Waals surface area contributed by atoms with Gasteiger partial charge in [-0.15, -0.1) is 0 Å². The van der Waals surface area contributed by atoms with Crippen molar-refractivity contribution in [3.63, 3.8) is 0 Å². The topological polar surface area (TPSA) is 113 Å². The molecule has 8 nitrogen and oxygen atoms in total. The first-order chi connectivity index (χ1) is 16.3. The molecule has 0 aliphatic heterocycles. The number of sulfonamides is 2. The van der Waals surface area contributed by atoms with E-state index in [1.807, 2.05) is 13.8 Å². The van der Waals surface area contributed by atoms with Crippen LogP contribution in [0.25, 0.3) is 0 Å². The summed E-state index contributed by atoms with van der Waals surface area (Å²) < 4.78 is 53.4. The van der Waals surface area contributed by atoms with Crippen LogP contribution in [0.15, 0.2) is 65.6 Å². The number of hydrogen-bond acceptors (Lipinski definition) is 5. The van der Waals surface area contributed by atoms with Crippen molar-refractivity contribution >= 4 is 66.2 Å². The minimum Gasteiger partial charge on any atom is -0.325 e. The molecule has 0 radical (unpaired) electrons. The second kappa shape index (κ2) is 10.4. The monoisotopic (exact) mass is 555 g/mol. The molecule has 0 aliphatic carbocycles. The lowest BCUT2D eigenvalue weighted by Gasteiger charge is -2.22. The molecule has 35 heavy (non-hydrogen) atoms. The summed E-state index contributed by atoms with van der Waals surface area (Å²) in [6, 6.07) is 15.1. The van der Waals surface area contributed by atoms with E-state index in [2.05, 4.69) is 10.0 Å². The molecule has 0 spiro atoms. The predicted octanol–water partition coefficient (Wildman–Crippen LogP) is 4.82. The summed E-state index contributed by atoms with van der Waals surface area (Å²) in [5, 5.41) is 2.86. The Morgan fingerprint density at radius 3 is 2.17 bits per heavy atom. The lowest BCUT2D eigenvalue weighted by atomic mass is 10.1. The summed E-state index contributed by atoms with van der Waals surface area (Å²) >= 11 is 12.0. The van der Waals surface area contributed by atoms with Crippen molar-refractivity contribution in [2.75, 3.05) is 27.1 Å². The zero-order valence-corrected chi connectivity index (χ0v) is 22.2. The third-order valence-corrected chi connectivity index (χ3v) is 8.45. The van der Waals surface area contributed by atoms with Crippen LogP contribution in [0.5, 0.6) is 0 Å². The van der Waals surface area contributed by atoms with Crippen molar-refractivity contribution in [1.29, 1.82) is 0 Å². The van der Waals surface area contributed by atoms with Gasteiger partial charge in [0, 0.05) is 5.69 Å². The highest BCUT2D eigenvalue weighted by Crippen LogP contribution is 2.31. The fourth-order valence-corrected chi connectivity index (χ4v) is 5.44. The van der Waals surface area contributed by atoms with E-state index in [-0.39, 0.29) is 20.6 Å². The number of aryl methyl sites for hydroxylation is 2. The molecule has 3 aromatic carbocycles. The summed E-state index contributed by atoms with van der Waals surface area (Å²) in [6.45, 7) is 3.31. The summed E-state index contributed by atoms with van der Waals surface area (Å²) in [6.07, 6.45) is 1.02.